The van der Waals surface area contributed by atoms with Gasteiger partial charge in [-0.15, -0.1) is 0 Å². The first-order chi connectivity index (χ1) is 20.1. The second-order valence-electron chi connectivity index (χ2n) is 8.89. The number of aliphatic hydroxyl groups excluding tert-OH is 1. The van der Waals surface area contributed by atoms with Gasteiger partial charge in [0.15, 0.2) is 11.5 Å². The fraction of sp³-hybridized carbons (Fsp3) is 0.167. The molecule has 10 nitrogen and oxygen atoms in total. The summed E-state index contributed by atoms with van der Waals surface area (Å²) in [6.07, 6.45) is 1.61. The Balaban J connectivity index is 1.64. The van der Waals surface area contributed by atoms with E-state index < -0.39 is 16.8 Å². The molecule has 216 valence electrons. The van der Waals surface area contributed by atoms with Gasteiger partial charge >= 0.3 is 5.97 Å². The molecule has 0 spiro atoms. The van der Waals surface area contributed by atoms with Crippen molar-refractivity contribution in [3.63, 3.8) is 0 Å². The largest absolute Gasteiger partial charge is 0.506 e. The zero-order valence-corrected chi connectivity index (χ0v) is 25.2. The van der Waals surface area contributed by atoms with Crippen molar-refractivity contribution in [3.05, 3.63) is 114 Å². The van der Waals surface area contributed by atoms with Crippen LogP contribution in [0.5, 0.6) is 11.5 Å². The van der Waals surface area contributed by atoms with Crippen LogP contribution in [-0.4, -0.2) is 40.7 Å². The Labute approximate surface area is 254 Å². The van der Waals surface area contributed by atoms with Gasteiger partial charge in [0, 0.05) is 17.7 Å². The topological polar surface area (TPSA) is 138 Å². The Morgan fingerprint density at radius 2 is 1.88 bits per heavy atom. The van der Waals surface area contributed by atoms with Crippen LogP contribution >= 0.6 is 27.7 Å². The minimum Gasteiger partial charge on any atom is -0.506 e. The number of carbonyl (C=O) groups is 2. The van der Waals surface area contributed by atoms with Gasteiger partial charge in [0.05, 0.1) is 28.0 Å². The SMILES string of the molecule is CCOC(=O)C1=C(O)/C(=C/c2cc(Br)c(OCc3cccc([N+](=O)[O-])c3)c(OC)c2)SC1=NC(=O)c1ccc(C)cc1. The zero-order chi connectivity index (χ0) is 30.4. The van der Waals surface area contributed by atoms with Crippen molar-refractivity contribution in [2.45, 2.75) is 20.5 Å². The quantitative estimate of drug-likeness (QED) is 0.148. The predicted molar refractivity (Wildman–Crippen MR) is 163 cm³/mol. The molecule has 3 aromatic rings. The molecular formula is C30H25BrN2O8S. The van der Waals surface area contributed by atoms with Gasteiger partial charge in [-0.1, -0.05) is 41.6 Å². The molecule has 42 heavy (non-hydrogen) atoms. The lowest BCUT2D eigenvalue weighted by atomic mass is 10.1. The number of hydrogen-bond donors (Lipinski definition) is 1. The number of methoxy groups -OCH3 is 1. The number of hydrogen-bond acceptors (Lipinski definition) is 9. The second-order valence-corrected chi connectivity index (χ2v) is 10.8. The van der Waals surface area contributed by atoms with E-state index in [4.69, 9.17) is 14.2 Å². The van der Waals surface area contributed by atoms with Crippen LogP contribution in [0.2, 0.25) is 0 Å². The van der Waals surface area contributed by atoms with Crippen LogP contribution in [0, 0.1) is 17.0 Å². The third-order valence-electron chi connectivity index (χ3n) is 5.93. The van der Waals surface area contributed by atoms with Gasteiger partial charge in [0.1, 0.15) is 23.0 Å². The highest BCUT2D eigenvalue weighted by molar-refractivity contribution is 9.10. The van der Waals surface area contributed by atoms with E-state index in [1.165, 1.54) is 19.2 Å². The van der Waals surface area contributed by atoms with Gasteiger partial charge in [-0.2, -0.15) is 0 Å². The molecule has 12 heteroatoms. The number of amides is 1. The molecule has 4 rings (SSSR count). The van der Waals surface area contributed by atoms with Crippen molar-refractivity contribution >= 4 is 56.4 Å². The smallest absolute Gasteiger partial charge is 0.344 e. The van der Waals surface area contributed by atoms with Crippen LogP contribution in [-0.2, 0) is 16.1 Å². The van der Waals surface area contributed by atoms with Gasteiger partial charge in [-0.05, 0) is 71.2 Å². The molecule has 0 aromatic heterocycles. The van der Waals surface area contributed by atoms with Crippen LogP contribution in [0.15, 0.2) is 86.4 Å². The summed E-state index contributed by atoms with van der Waals surface area (Å²) in [4.78, 5) is 40.6. The number of rotatable bonds is 9. The minimum absolute atomic E-state index is 0.0192. The molecular weight excluding hydrogens is 628 g/mol. The van der Waals surface area contributed by atoms with Crippen molar-refractivity contribution in [3.8, 4) is 11.5 Å². The number of esters is 1. The fourth-order valence-electron chi connectivity index (χ4n) is 3.87. The number of aryl methyl sites for hydroxylation is 1. The molecule has 0 bridgehead atoms. The molecule has 1 amide bonds. The van der Waals surface area contributed by atoms with E-state index in [2.05, 4.69) is 20.9 Å². The van der Waals surface area contributed by atoms with E-state index in [1.807, 2.05) is 6.92 Å². The third-order valence-corrected chi connectivity index (χ3v) is 7.53. The number of carbonyl (C=O) groups excluding carboxylic acids is 2. The van der Waals surface area contributed by atoms with Gasteiger partial charge in [-0.25, -0.2) is 9.79 Å². The molecule has 0 radical (unpaired) electrons. The number of aliphatic hydroxyl groups is 1. The lowest BCUT2D eigenvalue weighted by molar-refractivity contribution is -0.384. The molecule has 1 aliphatic heterocycles. The van der Waals surface area contributed by atoms with Crippen molar-refractivity contribution in [2.24, 2.45) is 4.99 Å². The Bertz CT molecular complexity index is 1650. The van der Waals surface area contributed by atoms with Crippen molar-refractivity contribution in [1.29, 1.82) is 0 Å². The summed E-state index contributed by atoms with van der Waals surface area (Å²) in [6, 6.07) is 16.3. The van der Waals surface area contributed by atoms with Crippen LogP contribution < -0.4 is 9.47 Å². The summed E-state index contributed by atoms with van der Waals surface area (Å²) >= 11 is 4.44. The first-order valence-electron chi connectivity index (χ1n) is 12.5. The van der Waals surface area contributed by atoms with E-state index >= 15 is 0 Å². The molecule has 1 N–H and O–H groups in total. The molecule has 3 aromatic carbocycles. The molecule has 1 heterocycles. The number of aliphatic imine (C=N–C) groups is 1. The maximum Gasteiger partial charge on any atom is 0.344 e. The highest BCUT2D eigenvalue weighted by Gasteiger charge is 2.34. The molecule has 0 atom stereocenters. The standard InChI is InChI=1S/C30H25BrN2O8S/c1-4-40-30(36)25-26(34)24(42-29(25)32-28(35)20-10-8-17(2)9-11-20)15-19-13-22(31)27(23(14-19)39-3)41-16-18-6-5-7-21(12-18)33(37)38/h5-15,34H,4,16H2,1-3H3/b24-15-,32-29?. The van der Waals surface area contributed by atoms with Crippen molar-refractivity contribution in [1.82, 2.24) is 0 Å². The Morgan fingerprint density at radius 3 is 2.55 bits per heavy atom. The minimum atomic E-state index is -0.801. The van der Waals surface area contributed by atoms with E-state index in [0.717, 1.165) is 17.3 Å². The molecule has 0 saturated carbocycles. The molecule has 0 unspecified atom stereocenters. The van der Waals surface area contributed by atoms with Gasteiger partial charge < -0.3 is 19.3 Å². The Morgan fingerprint density at radius 1 is 1.14 bits per heavy atom. The number of nitro groups is 1. The lowest BCUT2D eigenvalue weighted by Crippen LogP contribution is -2.14. The highest BCUT2D eigenvalue weighted by Crippen LogP contribution is 2.42. The normalized spacial score (nSPS) is 14.8. The first kappa shape index (κ1) is 30.5. The van der Waals surface area contributed by atoms with Gasteiger partial charge in [0.25, 0.3) is 11.6 Å². The second kappa shape index (κ2) is 13.5. The number of benzene rings is 3. The molecule has 0 fully saturated rings. The van der Waals surface area contributed by atoms with Crippen molar-refractivity contribution < 1.29 is 33.8 Å². The average molecular weight is 654 g/mol. The summed E-state index contributed by atoms with van der Waals surface area (Å²) in [7, 11) is 1.46. The number of nitro benzene ring substituents is 1. The first-order valence-corrected chi connectivity index (χ1v) is 14.2. The summed E-state index contributed by atoms with van der Waals surface area (Å²) in [5.41, 5.74) is 2.24. The van der Waals surface area contributed by atoms with Crippen molar-refractivity contribution in [2.75, 3.05) is 13.7 Å². The number of nitrogens with zero attached hydrogens (tertiary/aromatic N) is 2. The van der Waals surface area contributed by atoms with Crippen LogP contribution in [0.25, 0.3) is 6.08 Å². The summed E-state index contributed by atoms with van der Waals surface area (Å²) in [5, 5.41) is 22.1. The number of halogens is 1. The van der Waals surface area contributed by atoms with Crippen LogP contribution in [0.3, 0.4) is 0 Å². The average Bonchev–Trinajstić information content (AvgIpc) is 3.26. The van der Waals surface area contributed by atoms with E-state index in [1.54, 1.807) is 61.5 Å². The highest BCUT2D eigenvalue weighted by atomic mass is 79.9. The zero-order valence-electron chi connectivity index (χ0n) is 22.8. The molecule has 0 aliphatic carbocycles. The summed E-state index contributed by atoms with van der Waals surface area (Å²) in [5.74, 6) is -1.02. The van der Waals surface area contributed by atoms with E-state index in [-0.39, 0.29) is 40.2 Å². The predicted octanol–water partition coefficient (Wildman–Crippen LogP) is 6.96. The van der Waals surface area contributed by atoms with Crippen LogP contribution in [0.4, 0.5) is 5.69 Å². The molecule has 0 saturated heterocycles. The van der Waals surface area contributed by atoms with Gasteiger partial charge in [-0.3, -0.25) is 14.9 Å². The summed E-state index contributed by atoms with van der Waals surface area (Å²) < 4.78 is 17.1. The maximum atomic E-state index is 12.8. The third kappa shape index (κ3) is 7.07. The van der Waals surface area contributed by atoms with E-state index in [9.17, 15) is 24.8 Å². The number of thioether (sulfide) groups is 1. The number of non-ortho nitro benzene ring substituents is 1. The summed E-state index contributed by atoms with van der Waals surface area (Å²) in [6.45, 7) is 3.65. The molecule has 1 aliphatic rings. The Kier molecular flexibility index (Phi) is 9.81. The monoisotopic (exact) mass is 652 g/mol. The van der Waals surface area contributed by atoms with Gasteiger partial charge in [0.2, 0.25) is 0 Å². The van der Waals surface area contributed by atoms with Crippen LogP contribution in [0.1, 0.15) is 34.0 Å². The fourth-order valence-corrected chi connectivity index (χ4v) is 5.46. The van der Waals surface area contributed by atoms with E-state index in [0.29, 0.717) is 32.7 Å². The lowest BCUT2D eigenvalue weighted by Gasteiger charge is -2.14. The maximum absolute atomic E-state index is 12.8. The number of ether oxygens (including phenoxy) is 3. The Hall–Kier alpha value is -4.42.